The maximum absolute atomic E-state index is 11.9. The van der Waals surface area contributed by atoms with E-state index in [1.165, 1.54) is 0 Å². The summed E-state index contributed by atoms with van der Waals surface area (Å²) in [6.07, 6.45) is 0.474. The van der Waals surface area contributed by atoms with E-state index in [-0.39, 0.29) is 17.1 Å². The van der Waals surface area contributed by atoms with Crippen LogP contribution in [-0.2, 0) is 16.0 Å². The van der Waals surface area contributed by atoms with Gasteiger partial charge in [-0.1, -0.05) is 39.0 Å². The smallest absolute Gasteiger partial charge is 0.303 e. The van der Waals surface area contributed by atoms with Crippen molar-refractivity contribution in [3.63, 3.8) is 0 Å². The van der Waals surface area contributed by atoms with E-state index in [0.29, 0.717) is 17.9 Å². The Balaban J connectivity index is 2.62. The highest BCUT2D eigenvalue weighted by Gasteiger charge is 2.14. The van der Waals surface area contributed by atoms with E-state index in [4.69, 9.17) is 5.11 Å². The summed E-state index contributed by atoms with van der Waals surface area (Å²) in [6.45, 7) is 6.18. The Kier molecular flexibility index (Phi) is 6.07. The second-order valence-electron chi connectivity index (χ2n) is 5.50. The summed E-state index contributed by atoms with van der Waals surface area (Å²) >= 11 is 1.58. The summed E-state index contributed by atoms with van der Waals surface area (Å²) in [5.74, 6) is -0.515. The molecule has 0 saturated heterocycles. The number of nitrogens with one attached hydrogen (secondary N) is 1. The number of hydrogen-bond acceptors (Lipinski definition) is 3. The topological polar surface area (TPSA) is 66.4 Å². The Morgan fingerprint density at radius 2 is 1.90 bits per heavy atom. The molecule has 0 bridgehead atoms. The summed E-state index contributed by atoms with van der Waals surface area (Å²) in [7, 11) is 0. The monoisotopic (exact) mass is 295 g/mol. The zero-order valence-electron chi connectivity index (χ0n) is 12.1. The van der Waals surface area contributed by atoms with Crippen LogP contribution in [0.2, 0.25) is 0 Å². The van der Waals surface area contributed by atoms with Crippen LogP contribution >= 0.6 is 11.8 Å². The fraction of sp³-hybridized carbons (Fsp3) is 0.467. The normalized spacial score (nSPS) is 11.2. The summed E-state index contributed by atoms with van der Waals surface area (Å²) in [5, 5.41) is 11.6. The highest BCUT2D eigenvalue weighted by atomic mass is 32.2. The summed E-state index contributed by atoms with van der Waals surface area (Å²) in [6, 6.07) is 7.32. The second-order valence-corrected chi connectivity index (χ2v) is 7.30. The molecule has 20 heavy (non-hydrogen) atoms. The molecule has 5 heteroatoms. The molecule has 2 N–H and O–H groups in total. The van der Waals surface area contributed by atoms with E-state index in [1.54, 1.807) is 17.8 Å². The lowest BCUT2D eigenvalue weighted by molar-refractivity contribution is -0.136. The standard InChI is InChI=1S/C15H21NO3S/c1-15(2,3)20-10-13(17)16-12-7-5-4-6-11(12)8-9-14(18)19/h4-7H,8-10H2,1-3H3,(H,16,17)(H,18,19). The molecule has 0 aliphatic rings. The van der Waals surface area contributed by atoms with Crippen molar-refractivity contribution in [3.8, 4) is 0 Å². The average molecular weight is 295 g/mol. The molecule has 0 heterocycles. The van der Waals surface area contributed by atoms with Gasteiger partial charge in [-0.05, 0) is 18.1 Å². The van der Waals surface area contributed by atoms with Crippen molar-refractivity contribution in [2.75, 3.05) is 11.1 Å². The molecule has 0 radical (unpaired) electrons. The van der Waals surface area contributed by atoms with Crippen LogP contribution in [0.1, 0.15) is 32.8 Å². The first-order valence-corrected chi connectivity index (χ1v) is 7.50. The quantitative estimate of drug-likeness (QED) is 0.846. The number of rotatable bonds is 6. The number of carbonyl (C=O) groups is 2. The van der Waals surface area contributed by atoms with Gasteiger partial charge in [0.2, 0.25) is 5.91 Å². The number of aliphatic carboxylic acids is 1. The number of anilines is 1. The number of para-hydroxylation sites is 1. The van der Waals surface area contributed by atoms with E-state index >= 15 is 0 Å². The predicted octanol–water partition coefficient (Wildman–Crippen LogP) is 3.17. The number of amides is 1. The zero-order chi connectivity index (χ0) is 15.2. The van der Waals surface area contributed by atoms with Crippen LogP contribution in [0.3, 0.4) is 0 Å². The Morgan fingerprint density at radius 1 is 1.25 bits per heavy atom. The first-order valence-electron chi connectivity index (χ1n) is 6.51. The van der Waals surface area contributed by atoms with Crippen LogP contribution in [-0.4, -0.2) is 27.5 Å². The minimum atomic E-state index is -0.839. The van der Waals surface area contributed by atoms with Gasteiger partial charge >= 0.3 is 5.97 Å². The minimum absolute atomic E-state index is 0.0418. The predicted molar refractivity (Wildman–Crippen MR) is 83.2 cm³/mol. The zero-order valence-corrected chi connectivity index (χ0v) is 12.9. The molecular weight excluding hydrogens is 274 g/mol. The van der Waals surface area contributed by atoms with Gasteiger partial charge in [0.15, 0.2) is 0 Å². The van der Waals surface area contributed by atoms with Crippen molar-refractivity contribution in [2.45, 2.75) is 38.4 Å². The Hall–Kier alpha value is -1.49. The largest absolute Gasteiger partial charge is 0.481 e. The number of thioether (sulfide) groups is 1. The molecule has 1 rings (SSSR count). The van der Waals surface area contributed by atoms with Crippen LogP contribution < -0.4 is 5.32 Å². The van der Waals surface area contributed by atoms with Gasteiger partial charge in [-0.2, -0.15) is 0 Å². The third-order valence-electron chi connectivity index (χ3n) is 2.54. The van der Waals surface area contributed by atoms with E-state index in [1.807, 2.05) is 18.2 Å². The number of aryl methyl sites for hydroxylation is 1. The maximum atomic E-state index is 11.9. The number of carbonyl (C=O) groups excluding carboxylic acids is 1. The molecule has 0 aliphatic carbocycles. The highest BCUT2D eigenvalue weighted by Crippen LogP contribution is 2.23. The van der Waals surface area contributed by atoms with Gasteiger partial charge < -0.3 is 10.4 Å². The van der Waals surface area contributed by atoms with Crippen LogP contribution in [0.15, 0.2) is 24.3 Å². The lowest BCUT2D eigenvalue weighted by Gasteiger charge is -2.17. The molecule has 0 saturated carbocycles. The van der Waals surface area contributed by atoms with Gasteiger partial charge in [-0.15, -0.1) is 11.8 Å². The fourth-order valence-electron chi connectivity index (χ4n) is 1.57. The molecule has 0 spiro atoms. The third kappa shape index (κ3) is 6.61. The number of carboxylic acid groups (broad SMARTS) is 1. The molecule has 0 atom stereocenters. The van der Waals surface area contributed by atoms with Gasteiger partial charge in [0.25, 0.3) is 0 Å². The number of carboxylic acids is 1. The van der Waals surface area contributed by atoms with Gasteiger partial charge in [0.05, 0.1) is 5.75 Å². The van der Waals surface area contributed by atoms with Crippen molar-refractivity contribution >= 4 is 29.3 Å². The van der Waals surface area contributed by atoms with Crippen molar-refractivity contribution in [2.24, 2.45) is 0 Å². The third-order valence-corrected chi connectivity index (χ3v) is 3.81. The number of hydrogen-bond donors (Lipinski definition) is 2. The van der Waals surface area contributed by atoms with Crippen LogP contribution in [0, 0.1) is 0 Å². The van der Waals surface area contributed by atoms with E-state index in [9.17, 15) is 9.59 Å². The molecule has 0 unspecified atom stereocenters. The van der Waals surface area contributed by atoms with Crippen LogP contribution in [0.25, 0.3) is 0 Å². The lowest BCUT2D eigenvalue weighted by atomic mass is 10.1. The summed E-state index contributed by atoms with van der Waals surface area (Å²) < 4.78 is 0.0418. The molecule has 1 aromatic rings. The van der Waals surface area contributed by atoms with E-state index in [0.717, 1.165) is 5.56 Å². The number of benzene rings is 1. The van der Waals surface area contributed by atoms with Gasteiger partial charge in [-0.3, -0.25) is 9.59 Å². The van der Waals surface area contributed by atoms with E-state index in [2.05, 4.69) is 26.1 Å². The van der Waals surface area contributed by atoms with Crippen molar-refractivity contribution in [1.29, 1.82) is 0 Å². The lowest BCUT2D eigenvalue weighted by Crippen LogP contribution is -2.19. The molecule has 1 aromatic carbocycles. The second kappa shape index (κ2) is 7.33. The SMILES string of the molecule is CC(C)(C)SCC(=O)Nc1ccccc1CCC(=O)O. The van der Waals surface area contributed by atoms with Crippen molar-refractivity contribution in [1.82, 2.24) is 0 Å². The Morgan fingerprint density at radius 3 is 2.50 bits per heavy atom. The highest BCUT2D eigenvalue weighted by molar-refractivity contribution is 8.01. The maximum Gasteiger partial charge on any atom is 0.303 e. The molecule has 0 aliphatic heterocycles. The van der Waals surface area contributed by atoms with E-state index < -0.39 is 5.97 Å². The molecule has 110 valence electrons. The molecular formula is C15H21NO3S. The molecule has 1 amide bonds. The minimum Gasteiger partial charge on any atom is -0.481 e. The molecule has 4 nitrogen and oxygen atoms in total. The van der Waals surface area contributed by atoms with Gasteiger partial charge in [0, 0.05) is 16.9 Å². The molecule has 0 aromatic heterocycles. The van der Waals surface area contributed by atoms with Gasteiger partial charge in [0.1, 0.15) is 0 Å². The molecule has 0 fully saturated rings. The van der Waals surface area contributed by atoms with Crippen LogP contribution in [0.4, 0.5) is 5.69 Å². The van der Waals surface area contributed by atoms with Gasteiger partial charge in [-0.25, -0.2) is 0 Å². The first-order chi connectivity index (χ1) is 9.28. The van der Waals surface area contributed by atoms with Crippen molar-refractivity contribution in [3.05, 3.63) is 29.8 Å². The van der Waals surface area contributed by atoms with Crippen LogP contribution in [0.5, 0.6) is 0 Å². The Bertz CT molecular complexity index is 480. The average Bonchev–Trinajstić information content (AvgIpc) is 2.34. The summed E-state index contributed by atoms with van der Waals surface area (Å²) in [5.41, 5.74) is 1.55. The summed E-state index contributed by atoms with van der Waals surface area (Å²) in [4.78, 5) is 22.5. The first kappa shape index (κ1) is 16.6. The van der Waals surface area contributed by atoms with Crippen molar-refractivity contribution < 1.29 is 14.7 Å². The Labute approximate surface area is 124 Å². The fourth-order valence-corrected chi connectivity index (χ4v) is 2.21.